The van der Waals surface area contributed by atoms with Gasteiger partial charge in [-0.1, -0.05) is 12.1 Å². The van der Waals surface area contributed by atoms with Crippen LogP contribution < -0.4 is 0 Å². The molecule has 0 saturated carbocycles. The number of ether oxygens (including phenoxy) is 1. The van der Waals surface area contributed by atoms with Crippen LogP contribution in [-0.4, -0.2) is 36.1 Å². The zero-order valence-corrected chi connectivity index (χ0v) is 10.4. The van der Waals surface area contributed by atoms with Crippen LogP contribution in [-0.2, 0) is 14.3 Å². The number of rotatable bonds is 3. The summed E-state index contributed by atoms with van der Waals surface area (Å²) in [6.07, 6.45) is 0.849. The SMILES string of the molecule is COC(=O)C(c1ccc(C#N)cc1)N1C(=O)C=NC1=O. The molecule has 0 N–H and O–H groups in total. The molecule has 20 heavy (non-hydrogen) atoms. The van der Waals surface area contributed by atoms with Crippen LogP contribution in [0.4, 0.5) is 4.79 Å². The quantitative estimate of drug-likeness (QED) is 0.757. The fraction of sp³-hybridized carbons (Fsp3) is 0.154. The number of aliphatic imine (C=N–C) groups is 1. The van der Waals surface area contributed by atoms with Crippen molar-refractivity contribution >= 4 is 24.1 Å². The number of imide groups is 1. The number of hydrogen-bond donors (Lipinski definition) is 0. The zero-order chi connectivity index (χ0) is 14.7. The van der Waals surface area contributed by atoms with Crippen LogP contribution in [0.15, 0.2) is 29.3 Å². The van der Waals surface area contributed by atoms with E-state index < -0.39 is 23.9 Å². The van der Waals surface area contributed by atoms with Gasteiger partial charge >= 0.3 is 12.0 Å². The molecule has 100 valence electrons. The first kappa shape index (κ1) is 13.4. The van der Waals surface area contributed by atoms with Crippen LogP contribution in [0.1, 0.15) is 17.2 Å². The first-order chi connectivity index (χ1) is 9.58. The molecule has 0 fully saturated rings. The van der Waals surface area contributed by atoms with E-state index in [1.165, 1.54) is 24.3 Å². The minimum Gasteiger partial charge on any atom is -0.467 e. The molecule has 1 atom stereocenters. The predicted octanol–water partition coefficient (Wildman–Crippen LogP) is 0.805. The molecule has 1 aliphatic heterocycles. The van der Waals surface area contributed by atoms with Crippen molar-refractivity contribution < 1.29 is 19.1 Å². The Morgan fingerprint density at radius 1 is 1.35 bits per heavy atom. The lowest BCUT2D eigenvalue weighted by Crippen LogP contribution is -2.39. The first-order valence-corrected chi connectivity index (χ1v) is 5.57. The number of nitrogens with zero attached hydrogens (tertiary/aromatic N) is 3. The van der Waals surface area contributed by atoms with Gasteiger partial charge in [0.25, 0.3) is 5.91 Å². The second kappa shape index (κ2) is 5.32. The molecule has 0 radical (unpaired) electrons. The van der Waals surface area contributed by atoms with Gasteiger partial charge in [-0.25, -0.2) is 14.5 Å². The van der Waals surface area contributed by atoms with E-state index in [1.807, 2.05) is 6.07 Å². The van der Waals surface area contributed by atoms with Gasteiger partial charge in [0.15, 0.2) is 6.04 Å². The van der Waals surface area contributed by atoms with Crippen LogP contribution in [0.5, 0.6) is 0 Å². The number of carbonyl (C=O) groups is 3. The molecule has 1 unspecified atom stereocenters. The Morgan fingerprint density at radius 2 is 2.00 bits per heavy atom. The summed E-state index contributed by atoms with van der Waals surface area (Å²) >= 11 is 0. The number of amides is 3. The van der Waals surface area contributed by atoms with E-state index in [9.17, 15) is 14.4 Å². The van der Waals surface area contributed by atoms with Crippen LogP contribution in [0.2, 0.25) is 0 Å². The molecular formula is C13H9N3O4. The van der Waals surface area contributed by atoms with Crippen molar-refractivity contribution in [1.82, 2.24) is 4.90 Å². The highest BCUT2D eigenvalue weighted by Gasteiger charge is 2.39. The lowest BCUT2D eigenvalue weighted by molar-refractivity contribution is -0.148. The van der Waals surface area contributed by atoms with E-state index in [4.69, 9.17) is 5.26 Å². The highest BCUT2D eigenvalue weighted by atomic mass is 16.5. The van der Waals surface area contributed by atoms with Crippen LogP contribution in [0.25, 0.3) is 0 Å². The van der Waals surface area contributed by atoms with Crippen molar-refractivity contribution in [2.45, 2.75) is 6.04 Å². The summed E-state index contributed by atoms with van der Waals surface area (Å²) in [6, 6.07) is 5.83. The van der Waals surface area contributed by atoms with Crippen LogP contribution in [0.3, 0.4) is 0 Å². The maximum Gasteiger partial charge on any atom is 0.351 e. The number of nitriles is 1. The predicted molar refractivity (Wildman–Crippen MR) is 66.6 cm³/mol. The average molecular weight is 271 g/mol. The molecular weight excluding hydrogens is 262 g/mol. The van der Waals surface area contributed by atoms with Crippen molar-refractivity contribution in [1.29, 1.82) is 5.26 Å². The molecule has 1 aromatic carbocycles. The molecule has 0 spiro atoms. The number of benzene rings is 1. The molecule has 0 bridgehead atoms. The largest absolute Gasteiger partial charge is 0.467 e. The molecule has 7 nitrogen and oxygen atoms in total. The first-order valence-electron chi connectivity index (χ1n) is 5.57. The third kappa shape index (κ3) is 2.27. The van der Waals surface area contributed by atoms with Gasteiger partial charge in [-0.3, -0.25) is 4.79 Å². The van der Waals surface area contributed by atoms with Gasteiger partial charge in [-0.05, 0) is 17.7 Å². The summed E-state index contributed by atoms with van der Waals surface area (Å²) in [5.74, 6) is -1.45. The molecule has 0 aromatic heterocycles. The molecule has 1 aliphatic rings. The van der Waals surface area contributed by atoms with Gasteiger partial charge < -0.3 is 4.74 Å². The van der Waals surface area contributed by atoms with Gasteiger partial charge in [0.2, 0.25) is 0 Å². The molecule has 0 saturated heterocycles. The Hall–Kier alpha value is -3.01. The molecule has 3 amide bonds. The van der Waals surface area contributed by atoms with E-state index in [2.05, 4.69) is 9.73 Å². The maximum atomic E-state index is 11.9. The highest BCUT2D eigenvalue weighted by molar-refractivity contribution is 6.36. The lowest BCUT2D eigenvalue weighted by Gasteiger charge is -2.22. The standard InChI is InChI=1S/C13H9N3O4/c1-20-12(18)11(16-10(17)7-15-13(16)19)9-4-2-8(6-14)3-5-9/h2-5,7,11H,1H3. The highest BCUT2D eigenvalue weighted by Crippen LogP contribution is 2.25. The van der Waals surface area contributed by atoms with Crippen molar-refractivity contribution in [3.8, 4) is 6.07 Å². The second-order valence-corrected chi connectivity index (χ2v) is 3.91. The Bertz CT molecular complexity index is 625. The lowest BCUT2D eigenvalue weighted by atomic mass is 10.0. The third-order valence-electron chi connectivity index (χ3n) is 2.77. The monoisotopic (exact) mass is 271 g/mol. The zero-order valence-electron chi connectivity index (χ0n) is 10.4. The van der Waals surface area contributed by atoms with Crippen molar-refractivity contribution in [2.75, 3.05) is 7.11 Å². The van der Waals surface area contributed by atoms with Crippen molar-refractivity contribution in [3.63, 3.8) is 0 Å². The Labute approximate surface area is 114 Å². The van der Waals surface area contributed by atoms with E-state index >= 15 is 0 Å². The molecule has 1 aromatic rings. The number of methoxy groups -OCH3 is 1. The minimum absolute atomic E-state index is 0.364. The number of urea groups is 1. The van der Waals surface area contributed by atoms with Crippen LogP contribution in [0, 0.1) is 11.3 Å². The summed E-state index contributed by atoms with van der Waals surface area (Å²) in [7, 11) is 1.16. The summed E-state index contributed by atoms with van der Waals surface area (Å²) in [4.78, 5) is 39.1. The number of hydrogen-bond acceptors (Lipinski definition) is 5. The van der Waals surface area contributed by atoms with E-state index in [1.54, 1.807) is 0 Å². The average Bonchev–Trinajstić information content (AvgIpc) is 2.80. The molecule has 1 heterocycles. The van der Waals surface area contributed by atoms with Gasteiger partial charge in [0.05, 0.1) is 25.0 Å². The third-order valence-corrected chi connectivity index (χ3v) is 2.77. The van der Waals surface area contributed by atoms with E-state index in [0.717, 1.165) is 13.3 Å². The van der Waals surface area contributed by atoms with E-state index in [0.29, 0.717) is 16.0 Å². The summed E-state index contributed by atoms with van der Waals surface area (Å²) in [6.45, 7) is 0. The fourth-order valence-electron chi connectivity index (χ4n) is 1.81. The molecule has 7 heteroatoms. The van der Waals surface area contributed by atoms with Crippen molar-refractivity contribution in [3.05, 3.63) is 35.4 Å². The van der Waals surface area contributed by atoms with Gasteiger partial charge in [0.1, 0.15) is 0 Å². The smallest absolute Gasteiger partial charge is 0.351 e. The number of esters is 1. The van der Waals surface area contributed by atoms with Gasteiger partial charge in [0, 0.05) is 0 Å². The molecule has 2 rings (SSSR count). The summed E-state index contributed by atoms with van der Waals surface area (Å²) < 4.78 is 4.63. The van der Waals surface area contributed by atoms with Gasteiger partial charge in [-0.15, -0.1) is 0 Å². The normalized spacial score (nSPS) is 15.1. The minimum atomic E-state index is -1.21. The fourth-order valence-corrected chi connectivity index (χ4v) is 1.81. The topological polar surface area (TPSA) is 99.8 Å². The summed E-state index contributed by atoms with van der Waals surface area (Å²) in [5, 5.41) is 8.74. The maximum absolute atomic E-state index is 11.9. The number of carbonyl (C=O) groups excluding carboxylic acids is 3. The van der Waals surface area contributed by atoms with Crippen LogP contribution >= 0.6 is 0 Å². The van der Waals surface area contributed by atoms with E-state index in [-0.39, 0.29) is 0 Å². The Kier molecular flexibility index (Phi) is 3.57. The molecule has 0 aliphatic carbocycles. The Balaban J connectivity index is 2.42. The van der Waals surface area contributed by atoms with Gasteiger partial charge in [-0.2, -0.15) is 10.3 Å². The van der Waals surface area contributed by atoms with Crippen molar-refractivity contribution in [2.24, 2.45) is 4.99 Å². The summed E-state index contributed by atoms with van der Waals surface area (Å²) in [5.41, 5.74) is 0.760. The Morgan fingerprint density at radius 3 is 2.45 bits per heavy atom. The second-order valence-electron chi connectivity index (χ2n) is 3.91.